The van der Waals surface area contributed by atoms with Gasteiger partial charge in [0.15, 0.2) is 0 Å². The van der Waals surface area contributed by atoms with Crippen LogP contribution in [-0.2, 0) is 10.2 Å². The van der Waals surface area contributed by atoms with E-state index in [2.05, 4.69) is 5.32 Å². The highest BCUT2D eigenvalue weighted by atomic mass is 35.5. The monoisotopic (exact) mass is 340 g/mol. The fourth-order valence-electron chi connectivity index (χ4n) is 4.16. The van der Waals surface area contributed by atoms with E-state index in [0.717, 1.165) is 18.4 Å². The van der Waals surface area contributed by atoms with Crippen LogP contribution in [0.25, 0.3) is 0 Å². The Morgan fingerprint density at radius 2 is 2.04 bits per heavy atom. The molecule has 3 N–H and O–H groups in total. The fraction of sp³-hybridized carbons (Fsp3) is 0.611. The number of fused-ring (bicyclic) bond motifs is 2. The van der Waals surface area contributed by atoms with E-state index in [1.165, 1.54) is 18.6 Å². The zero-order valence-electron chi connectivity index (χ0n) is 13.7. The number of carbonyl (C=O) groups is 1. The number of nitrogens with two attached hydrogens (primary N) is 1. The first-order valence-corrected chi connectivity index (χ1v) is 8.18. The summed E-state index contributed by atoms with van der Waals surface area (Å²) in [5.41, 5.74) is 6.81. The van der Waals surface area contributed by atoms with Gasteiger partial charge in [-0.25, -0.2) is 4.39 Å². The van der Waals surface area contributed by atoms with Gasteiger partial charge in [-0.2, -0.15) is 0 Å². The molecule has 0 spiro atoms. The zero-order valence-corrected chi connectivity index (χ0v) is 14.5. The molecule has 1 amide bonds. The molecule has 0 radical (unpaired) electrons. The molecule has 1 aromatic carbocycles. The number of hydrogen-bond acceptors (Lipinski definition) is 2. The van der Waals surface area contributed by atoms with Crippen LogP contribution in [0.15, 0.2) is 24.3 Å². The van der Waals surface area contributed by atoms with Gasteiger partial charge in [-0.1, -0.05) is 26.0 Å². The van der Waals surface area contributed by atoms with Crippen LogP contribution in [0.5, 0.6) is 0 Å². The molecule has 3 nitrogen and oxygen atoms in total. The lowest BCUT2D eigenvalue weighted by Gasteiger charge is -2.30. The van der Waals surface area contributed by atoms with Gasteiger partial charge in [0.05, 0.1) is 5.92 Å². The number of rotatable bonds is 4. The second-order valence-corrected chi connectivity index (χ2v) is 7.55. The smallest absolute Gasteiger partial charge is 0.224 e. The molecular formula is C18H26ClFN2O. The normalized spacial score (nSPS) is 29.2. The highest BCUT2D eigenvalue weighted by Gasteiger charge is 2.49. The van der Waals surface area contributed by atoms with Gasteiger partial charge in [0, 0.05) is 18.0 Å². The molecule has 2 bridgehead atoms. The van der Waals surface area contributed by atoms with Crippen LogP contribution in [0.3, 0.4) is 0 Å². The molecule has 128 valence electrons. The summed E-state index contributed by atoms with van der Waals surface area (Å²) in [6.45, 7) is 4.53. The first-order chi connectivity index (χ1) is 10.4. The first-order valence-electron chi connectivity index (χ1n) is 8.18. The fourth-order valence-corrected chi connectivity index (χ4v) is 4.16. The van der Waals surface area contributed by atoms with Gasteiger partial charge < -0.3 is 11.1 Å². The van der Waals surface area contributed by atoms with Crippen LogP contribution in [0.4, 0.5) is 4.39 Å². The molecule has 5 heteroatoms. The molecule has 0 aliphatic heterocycles. The van der Waals surface area contributed by atoms with E-state index >= 15 is 0 Å². The second-order valence-electron chi connectivity index (χ2n) is 7.55. The minimum atomic E-state index is -0.306. The van der Waals surface area contributed by atoms with E-state index in [9.17, 15) is 9.18 Å². The summed E-state index contributed by atoms with van der Waals surface area (Å²) in [5.74, 6) is 0.771. The Hall–Kier alpha value is -1.13. The first kappa shape index (κ1) is 18.2. The lowest BCUT2D eigenvalue weighted by atomic mass is 9.82. The minimum absolute atomic E-state index is 0. The SMILES string of the molecule is CC(C)(CNC(=O)C1C2CCC(C2)C1N)c1cccc(F)c1.Cl. The summed E-state index contributed by atoms with van der Waals surface area (Å²) in [5, 5.41) is 3.06. The third-order valence-corrected chi connectivity index (χ3v) is 5.59. The zero-order chi connectivity index (χ0) is 15.9. The van der Waals surface area contributed by atoms with Crippen molar-refractivity contribution in [3.63, 3.8) is 0 Å². The molecule has 4 atom stereocenters. The van der Waals surface area contributed by atoms with Crippen LogP contribution in [0, 0.1) is 23.6 Å². The Kier molecular flexibility index (Phi) is 5.37. The van der Waals surface area contributed by atoms with E-state index in [1.807, 2.05) is 19.9 Å². The lowest BCUT2D eigenvalue weighted by molar-refractivity contribution is -0.127. The van der Waals surface area contributed by atoms with Gasteiger partial charge >= 0.3 is 0 Å². The summed E-state index contributed by atoms with van der Waals surface area (Å²) in [6, 6.07) is 6.59. The largest absolute Gasteiger partial charge is 0.355 e. The molecule has 1 aromatic rings. The van der Waals surface area contributed by atoms with Crippen molar-refractivity contribution in [2.75, 3.05) is 6.54 Å². The van der Waals surface area contributed by atoms with Gasteiger partial charge in [-0.3, -0.25) is 4.79 Å². The van der Waals surface area contributed by atoms with E-state index < -0.39 is 0 Å². The molecule has 0 aromatic heterocycles. The number of carbonyl (C=O) groups excluding carboxylic acids is 1. The Morgan fingerprint density at radius 1 is 1.35 bits per heavy atom. The molecular weight excluding hydrogens is 315 g/mol. The average Bonchev–Trinajstić information content (AvgIpc) is 3.06. The summed E-state index contributed by atoms with van der Waals surface area (Å²) in [6.07, 6.45) is 3.40. The van der Waals surface area contributed by atoms with Crippen LogP contribution in [-0.4, -0.2) is 18.5 Å². The molecule has 23 heavy (non-hydrogen) atoms. The maximum Gasteiger partial charge on any atom is 0.224 e. The second kappa shape index (κ2) is 6.78. The molecule has 2 saturated carbocycles. The average molecular weight is 341 g/mol. The predicted octanol–water partition coefficient (Wildman–Crippen LogP) is 3.01. The predicted molar refractivity (Wildman–Crippen MR) is 92.0 cm³/mol. The van der Waals surface area contributed by atoms with Gasteiger partial charge in [-0.05, 0) is 48.8 Å². The van der Waals surface area contributed by atoms with Crippen molar-refractivity contribution in [2.45, 2.75) is 44.6 Å². The van der Waals surface area contributed by atoms with E-state index in [4.69, 9.17) is 5.73 Å². The van der Waals surface area contributed by atoms with Crippen molar-refractivity contribution in [1.29, 1.82) is 0 Å². The Morgan fingerprint density at radius 3 is 2.65 bits per heavy atom. The van der Waals surface area contributed by atoms with Crippen molar-refractivity contribution in [1.82, 2.24) is 5.32 Å². The third-order valence-electron chi connectivity index (χ3n) is 5.59. The number of hydrogen-bond donors (Lipinski definition) is 2. The molecule has 2 aliphatic rings. The standard InChI is InChI=1S/C18H25FN2O.ClH/c1-18(2,13-4-3-5-14(19)9-13)10-21-17(22)15-11-6-7-12(8-11)16(15)20;/h3-5,9,11-12,15-16H,6-8,10,20H2,1-2H3,(H,21,22);1H. The van der Waals surface area contributed by atoms with E-state index in [0.29, 0.717) is 18.4 Å². The van der Waals surface area contributed by atoms with Crippen LogP contribution >= 0.6 is 12.4 Å². The maximum absolute atomic E-state index is 13.4. The van der Waals surface area contributed by atoms with Crippen LogP contribution < -0.4 is 11.1 Å². The lowest BCUT2D eigenvalue weighted by Crippen LogP contribution is -2.47. The van der Waals surface area contributed by atoms with Crippen molar-refractivity contribution in [3.05, 3.63) is 35.6 Å². The van der Waals surface area contributed by atoms with Gasteiger partial charge in [0.25, 0.3) is 0 Å². The highest BCUT2D eigenvalue weighted by Crippen LogP contribution is 2.47. The van der Waals surface area contributed by atoms with E-state index in [-0.39, 0.29) is 41.5 Å². The van der Waals surface area contributed by atoms with Crippen LogP contribution in [0.2, 0.25) is 0 Å². The minimum Gasteiger partial charge on any atom is -0.355 e. The molecule has 3 rings (SSSR count). The van der Waals surface area contributed by atoms with Gasteiger partial charge in [0.2, 0.25) is 5.91 Å². The maximum atomic E-state index is 13.4. The van der Waals surface area contributed by atoms with Crippen molar-refractivity contribution in [3.8, 4) is 0 Å². The Bertz CT molecular complexity index is 576. The summed E-state index contributed by atoms with van der Waals surface area (Å²) >= 11 is 0. The third kappa shape index (κ3) is 3.53. The van der Waals surface area contributed by atoms with E-state index in [1.54, 1.807) is 6.07 Å². The quantitative estimate of drug-likeness (QED) is 0.885. The van der Waals surface area contributed by atoms with Crippen molar-refractivity contribution in [2.24, 2.45) is 23.5 Å². The molecule has 4 unspecified atom stereocenters. The Balaban J connectivity index is 0.00000192. The number of nitrogens with one attached hydrogen (secondary N) is 1. The van der Waals surface area contributed by atoms with Crippen molar-refractivity contribution >= 4 is 18.3 Å². The Labute approximate surface area is 143 Å². The summed E-state index contributed by atoms with van der Waals surface area (Å²) in [7, 11) is 0. The molecule has 2 aliphatic carbocycles. The topological polar surface area (TPSA) is 55.1 Å². The number of benzene rings is 1. The van der Waals surface area contributed by atoms with Gasteiger partial charge in [-0.15, -0.1) is 12.4 Å². The molecule has 0 saturated heterocycles. The van der Waals surface area contributed by atoms with Gasteiger partial charge in [0.1, 0.15) is 5.82 Å². The molecule has 0 heterocycles. The van der Waals surface area contributed by atoms with Crippen molar-refractivity contribution < 1.29 is 9.18 Å². The number of halogens is 2. The highest BCUT2D eigenvalue weighted by molar-refractivity contribution is 5.85. The summed E-state index contributed by atoms with van der Waals surface area (Å²) in [4.78, 5) is 12.5. The van der Waals surface area contributed by atoms with Crippen LogP contribution in [0.1, 0.15) is 38.7 Å². The summed E-state index contributed by atoms with van der Waals surface area (Å²) < 4.78 is 13.4. The molecule has 2 fully saturated rings. The number of amides is 1.